The van der Waals surface area contributed by atoms with Crippen molar-refractivity contribution < 1.29 is 14.0 Å². The van der Waals surface area contributed by atoms with Gasteiger partial charge in [0.1, 0.15) is 0 Å². The third-order valence-electron chi connectivity index (χ3n) is 7.29. The highest BCUT2D eigenvalue weighted by molar-refractivity contribution is 7.99. The van der Waals surface area contributed by atoms with Crippen LogP contribution in [0, 0.1) is 17.8 Å². The summed E-state index contributed by atoms with van der Waals surface area (Å²) in [5.41, 5.74) is 1.10. The van der Waals surface area contributed by atoms with E-state index in [-0.39, 0.29) is 29.1 Å². The van der Waals surface area contributed by atoms with Crippen molar-refractivity contribution in [2.45, 2.75) is 68.5 Å². The Morgan fingerprint density at radius 1 is 1.09 bits per heavy atom. The van der Waals surface area contributed by atoms with Gasteiger partial charge < -0.3 is 9.73 Å². The summed E-state index contributed by atoms with van der Waals surface area (Å²) in [6.07, 6.45) is 7.75. The van der Waals surface area contributed by atoms with E-state index in [0.717, 1.165) is 48.8 Å². The van der Waals surface area contributed by atoms with Gasteiger partial charge >= 0.3 is 6.03 Å². The number of nitrogens with one attached hydrogen (secondary N) is 2. The lowest BCUT2D eigenvalue weighted by molar-refractivity contribution is -0.117. The highest BCUT2D eigenvalue weighted by Crippen LogP contribution is 2.55. The molecule has 1 heterocycles. The Morgan fingerprint density at radius 3 is 2.41 bits per heavy atom. The van der Waals surface area contributed by atoms with Gasteiger partial charge in [-0.2, -0.15) is 0 Å². The molecule has 0 radical (unpaired) electrons. The molecule has 4 fully saturated rings. The van der Waals surface area contributed by atoms with Crippen LogP contribution in [0.25, 0.3) is 0 Å². The lowest BCUT2D eigenvalue weighted by Crippen LogP contribution is -2.61. The summed E-state index contributed by atoms with van der Waals surface area (Å²) in [7, 11) is 0. The van der Waals surface area contributed by atoms with Gasteiger partial charge in [-0.3, -0.25) is 10.1 Å². The van der Waals surface area contributed by atoms with Gasteiger partial charge in [0.2, 0.25) is 11.8 Å². The quantitative estimate of drug-likeness (QED) is 0.606. The fourth-order valence-electron chi connectivity index (χ4n) is 6.37. The number of urea groups is 1. The minimum atomic E-state index is -0.375. The van der Waals surface area contributed by atoms with Crippen molar-refractivity contribution in [1.29, 1.82) is 0 Å². The van der Waals surface area contributed by atoms with E-state index in [1.807, 2.05) is 18.2 Å². The van der Waals surface area contributed by atoms with Crippen molar-refractivity contribution in [3.8, 4) is 0 Å². The summed E-state index contributed by atoms with van der Waals surface area (Å²) in [6.45, 7) is 2.11. The molecular weight excluding hydrogens is 424 g/mol. The van der Waals surface area contributed by atoms with Crippen LogP contribution in [0.4, 0.5) is 4.79 Å². The maximum Gasteiger partial charge on any atom is 0.321 e. The van der Waals surface area contributed by atoms with E-state index < -0.39 is 0 Å². The van der Waals surface area contributed by atoms with Gasteiger partial charge in [-0.1, -0.05) is 49.0 Å². The Bertz CT molecular complexity index is 941. The Labute approximate surface area is 192 Å². The molecule has 3 amide bonds. The number of carbonyl (C=O) groups excluding carboxylic acids is 2. The first-order chi connectivity index (χ1) is 15.5. The molecule has 8 heteroatoms. The molecular formula is C24H30N4O3S. The standard InChI is InChI=1S/C24H30N4O3S/c1-15(19-5-3-2-4-6-19)7-21-27-28-23(31-21)32-14-20(29)25-22(30)26-24-11-16-8-17(12-24)10-18(9-16)13-24/h2-6,15-18H,7-14H2,1H3,(H2,25,26,29,30). The SMILES string of the molecule is CC(Cc1nnc(SCC(=O)NC(=O)NC23CC4CC(CC(C4)C2)C3)o1)c1ccccc1. The van der Waals surface area contributed by atoms with E-state index in [1.54, 1.807) is 0 Å². The van der Waals surface area contributed by atoms with Gasteiger partial charge in [-0.05, 0) is 67.8 Å². The molecule has 4 aliphatic rings. The van der Waals surface area contributed by atoms with Crippen LogP contribution in [-0.2, 0) is 11.2 Å². The number of carbonyl (C=O) groups is 2. The Balaban J connectivity index is 1.08. The molecule has 2 aromatic rings. The first kappa shape index (κ1) is 21.5. The molecule has 4 aliphatic carbocycles. The summed E-state index contributed by atoms with van der Waals surface area (Å²) < 4.78 is 5.68. The fourth-order valence-corrected chi connectivity index (χ4v) is 6.95. The second-order valence-electron chi connectivity index (χ2n) is 9.97. The van der Waals surface area contributed by atoms with Crippen molar-refractivity contribution in [2.24, 2.45) is 17.8 Å². The number of benzene rings is 1. The maximum atomic E-state index is 12.5. The largest absolute Gasteiger partial charge is 0.416 e. The van der Waals surface area contributed by atoms with Crippen molar-refractivity contribution in [2.75, 3.05) is 5.75 Å². The number of nitrogens with zero attached hydrogens (tertiary/aromatic N) is 2. The molecule has 1 aromatic carbocycles. The van der Waals surface area contributed by atoms with Crippen LogP contribution in [-0.4, -0.2) is 33.4 Å². The summed E-state index contributed by atoms with van der Waals surface area (Å²) in [5, 5.41) is 14.1. The van der Waals surface area contributed by atoms with Gasteiger partial charge in [0.15, 0.2) is 0 Å². The summed E-state index contributed by atoms with van der Waals surface area (Å²) >= 11 is 1.15. The van der Waals surface area contributed by atoms with Gasteiger partial charge in [-0.25, -0.2) is 4.79 Å². The first-order valence-electron chi connectivity index (χ1n) is 11.6. The number of thioether (sulfide) groups is 1. The lowest BCUT2D eigenvalue weighted by Gasteiger charge is -2.56. The fraction of sp³-hybridized carbons (Fsp3) is 0.583. The molecule has 1 aromatic heterocycles. The second kappa shape index (κ2) is 8.89. The summed E-state index contributed by atoms with van der Waals surface area (Å²) in [4.78, 5) is 24.8. The molecule has 1 unspecified atom stereocenters. The molecule has 0 saturated heterocycles. The minimum Gasteiger partial charge on any atom is -0.416 e. The van der Waals surface area contributed by atoms with Crippen LogP contribution >= 0.6 is 11.8 Å². The number of imide groups is 1. The molecule has 1 atom stereocenters. The highest BCUT2D eigenvalue weighted by atomic mass is 32.2. The average molecular weight is 455 g/mol. The smallest absolute Gasteiger partial charge is 0.321 e. The number of amides is 3. The Hall–Kier alpha value is -2.35. The van der Waals surface area contributed by atoms with E-state index >= 15 is 0 Å². The molecule has 2 N–H and O–H groups in total. The number of hydrogen-bond acceptors (Lipinski definition) is 6. The second-order valence-corrected chi connectivity index (χ2v) is 10.9. The van der Waals surface area contributed by atoms with Crippen LogP contribution in [0.15, 0.2) is 40.0 Å². The van der Waals surface area contributed by atoms with Crippen molar-refractivity contribution in [3.05, 3.63) is 41.8 Å². The van der Waals surface area contributed by atoms with Gasteiger partial charge in [0, 0.05) is 12.0 Å². The third kappa shape index (κ3) is 4.85. The predicted octanol–water partition coefficient (Wildman–Crippen LogP) is 4.30. The van der Waals surface area contributed by atoms with E-state index in [2.05, 4.69) is 39.9 Å². The van der Waals surface area contributed by atoms with E-state index in [1.165, 1.54) is 24.8 Å². The zero-order valence-corrected chi connectivity index (χ0v) is 19.2. The molecule has 170 valence electrons. The number of hydrogen-bond donors (Lipinski definition) is 2. The number of rotatable bonds is 7. The van der Waals surface area contributed by atoms with Gasteiger partial charge in [0.25, 0.3) is 5.22 Å². The maximum absolute atomic E-state index is 12.5. The minimum absolute atomic E-state index is 0.0597. The monoisotopic (exact) mass is 454 g/mol. The van der Waals surface area contributed by atoms with E-state index in [0.29, 0.717) is 17.5 Å². The van der Waals surface area contributed by atoms with Crippen LogP contribution < -0.4 is 10.6 Å². The first-order valence-corrected chi connectivity index (χ1v) is 12.6. The molecule has 32 heavy (non-hydrogen) atoms. The molecule has 0 spiro atoms. The summed E-state index contributed by atoms with van der Waals surface area (Å²) in [5.74, 6) is 2.73. The normalized spacial score (nSPS) is 29.0. The topological polar surface area (TPSA) is 97.1 Å². The predicted molar refractivity (Wildman–Crippen MR) is 121 cm³/mol. The van der Waals surface area contributed by atoms with E-state index in [4.69, 9.17) is 4.42 Å². The molecule has 6 rings (SSSR count). The van der Waals surface area contributed by atoms with E-state index in [9.17, 15) is 9.59 Å². The van der Waals surface area contributed by atoms with Gasteiger partial charge in [0.05, 0.1) is 5.75 Å². The van der Waals surface area contributed by atoms with Crippen LogP contribution in [0.5, 0.6) is 0 Å². The Morgan fingerprint density at radius 2 is 1.75 bits per heavy atom. The Kier molecular flexibility index (Phi) is 5.97. The van der Waals surface area contributed by atoms with Gasteiger partial charge in [-0.15, -0.1) is 10.2 Å². The lowest BCUT2D eigenvalue weighted by atomic mass is 9.53. The number of aromatic nitrogens is 2. The molecule has 4 bridgehead atoms. The zero-order chi connectivity index (χ0) is 22.1. The van der Waals surface area contributed by atoms with Crippen LogP contribution in [0.3, 0.4) is 0 Å². The molecule has 0 aliphatic heterocycles. The zero-order valence-electron chi connectivity index (χ0n) is 18.4. The summed E-state index contributed by atoms with van der Waals surface area (Å²) in [6, 6.07) is 9.80. The average Bonchev–Trinajstić information content (AvgIpc) is 3.18. The molecule has 7 nitrogen and oxygen atoms in total. The van der Waals surface area contributed by atoms with Crippen LogP contribution in [0.1, 0.15) is 62.8 Å². The van der Waals surface area contributed by atoms with Crippen molar-refractivity contribution >= 4 is 23.7 Å². The third-order valence-corrected chi connectivity index (χ3v) is 8.11. The highest BCUT2D eigenvalue weighted by Gasteiger charge is 2.51. The van der Waals surface area contributed by atoms with Crippen molar-refractivity contribution in [1.82, 2.24) is 20.8 Å². The van der Waals surface area contributed by atoms with Crippen LogP contribution in [0.2, 0.25) is 0 Å². The molecule has 4 saturated carbocycles. The van der Waals surface area contributed by atoms with Crippen molar-refractivity contribution in [3.63, 3.8) is 0 Å².